The SMILES string of the molecule is CC1C=C(C2(C)CCCCC2)C=[C]1[Zr](=[C](c1ccccc1)c1ccccc1)[c]1c2c(cc(C(C)(C)C)c1-c1ccccc1)-c1cc(C(C)(C)C)c(-c3ccccc3)cc1C2. The van der Waals surface area contributed by atoms with Gasteiger partial charge >= 0.3 is 371 Å². The van der Waals surface area contributed by atoms with E-state index in [-0.39, 0.29) is 16.2 Å². The van der Waals surface area contributed by atoms with Gasteiger partial charge in [0.05, 0.1) is 0 Å². The van der Waals surface area contributed by atoms with E-state index in [9.17, 15) is 0 Å². The van der Waals surface area contributed by atoms with Gasteiger partial charge in [0.15, 0.2) is 0 Å². The van der Waals surface area contributed by atoms with Crippen molar-refractivity contribution in [3.8, 4) is 33.4 Å². The number of fused-ring (bicyclic) bond motifs is 3. The summed E-state index contributed by atoms with van der Waals surface area (Å²) in [7, 11) is 0. The van der Waals surface area contributed by atoms with Crippen LogP contribution in [0.1, 0.15) is 121 Å². The van der Waals surface area contributed by atoms with Gasteiger partial charge in [0.25, 0.3) is 0 Å². The zero-order valence-electron chi connectivity index (χ0n) is 37.3. The number of rotatable bonds is 7. The Labute approximate surface area is 368 Å². The van der Waals surface area contributed by atoms with E-state index in [1.165, 1.54) is 93.3 Å². The van der Waals surface area contributed by atoms with Crippen molar-refractivity contribution in [2.45, 2.75) is 105 Å². The molecule has 1 unspecified atom stereocenters. The molecule has 0 N–H and O–H groups in total. The number of hydrogen-bond acceptors (Lipinski definition) is 0. The van der Waals surface area contributed by atoms with Crippen molar-refractivity contribution in [2.24, 2.45) is 11.3 Å². The van der Waals surface area contributed by atoms with Crippen molar-refractivity contribution in [1.29, 1.82) is 0 Å². The van der Waals surface area contributed by atoms with Gasteiger partial charge in [-0.3, -0.25) is 0 Å². The van der Waals surface area contributed by atoms with Crippen LogP contribution < -0.4 is 3.27 Å². The predicted molar refractivity (Wildman–Crippen MR) is 255 cm³/mol. The van der Waals surface area contributed by atoms with Gasteiger partial charge < -0.3 is 0 Å². The minimum absolute atomic E-state index is 0.0213. The molecule has 1 fully saturated rings. The van der Waals surface area contributed by atoms with Crippen LogP contribution in [-0.2, 0) is 38.5 Å². The molecule has 302 valence electrons. The molecule has 3 aliphatic rings. The van der Waals surface area contributed by atoms with Crippen LogP contribution in [0.4, 0.5) is 0 Å². The molecule has 9 rings (SSSR count). The zero-order chi connectivity index (χ0) is 41.8. The van der Waals surface area contributed by atoms with Gasteiger partial charge in [-0.15, -0.1) is 0 Å². The summed E-state index contributed by atoms with van der Waals surface area (Å²) in [6, 6.07) is 53.6. The molecule has 6 aromatic carbocycles. The van der Waals surface area contributed by atoms with Crippen LogP contribution in [0.2, 0.25) is 0 Å². The molecule has 0 spiro atoms. The monoisotopic (exact) mass is 860 g/mol. The van der Waals surface area contributed by atoms with Gasteiger partial charge in [0.1, 0.15) is 0 Å². The average molecular weight is 862 g/mol. The maximum absolute atomic E-state index is 3.22. The first-order chi connectivity index (χ1) is 28.8. The third-order valence-electron chi connectivity index (χ3n) is 13.9. The molecule has 1 saturated carbocycles. The maximum atomic E-state index is 2.79. The summed E-state index contributed by atoms with van der Waals surface area (Å²) in [6.07, 6.45) is 13.1. The second-order valence-corrected chi connectivity index (χ2v) is 26.0. The topological polar surface area (TPSA) is 0 Å². The van der Waals surface area contributed by atoms with Crippen molar-refractivity contribution < 1.29 is 21.3 Å². The van der Waals surface area contributed by atoms with Crippen LogP contribution in [0.5, 0.6) is 0 Å². The van der Waals surface area contributed by atoms with Gasteiger partial charge in [-0.05, 0) is 0 Å². The van der Waals surface area contributed by atoms with Crippen molar-refractivity contribution in [3.05, 3.63) is 194 Å². The molecule has 0 nitrogen and oxygen atoms in total. The third-order valence-corrected chi connectivity index (χ3v) is 22.0. The Morgan fingerprint density at radius 2 is 1.10 bits per heavy atom. The minimum atomic E-state index is -3.22. The molecule has 0 heterocycles. The molecule has 6 aromatic rings. The molecule has 1 atom stereocenters. The zero-order valence-corrected chi connectivity index (χ0v) is 39.7. The van der Waals surface area contributed by atoms with Crippen molar-refractivity contribution in [3.63, 3.8) is 0 Å². The summed E-state index contributed by atoms with van der Waals surface area (Å²) in [4.78, 5) is 0. The summed E-state index contributed by atoms with van der Waals surface area (Å²) in [5.74, 6) is 0.383. The normalized spacial score (nSPS) is 17.1. The Morgan fingerprint density at radius 3 is 1.65 bits per heavy atom. The van der Waals surface area contributed by atoms with Gasteiger partial charge in [-0.2, -0.15) is 0 Å². The van der Waals surface area contributed by atoms with E-state index in [0.717, 1.165) is 6.42 Å². The first-order valence-electron chi connectivity index (χ1n) is 22.6. The first-order valence-corrected chi connectivity index (χ1v) is 26.3. The molecule has 0 saturated heterocycles. The van der Waals surface area contributed by atoms with Gasteiger partial charge in [-0.25, -0.2) is 0 Å². The van der Waals surface area contributed by atoms with Crippen LogP contribution in [0.25, 0.3) is 33.4 Å². The molecule has 0 bridgehead atoms. The predicted octanol–water partition coefficient (Wildman–Crippen LogP) is 15.1. The van der Waals surface area contributed by atoms with E-state index in [2.05, 4.69) is 207 Å². The second kappa shape index (κ2) is 16.1. The van der Waals surface area contributed by atoms with Crippen LogP contribution in [0, 0.1) is 11.3 Å². The van der Waals surface area contributed by atoms with Crippen LogP contribution >= 0.6 is 0 Å². The van der Waals surface area contributed by atoms with E-state index < -0.39 is 21.3 Å². The second-order valence-electron chi connectivity index (χ2n) is 20.3. The van der Waals surface area contributed by atoms with Crippen LogP contribution in [0.3, 0.4) is 0 Å². The standard InChI is InChI=1S/C33H33.C13H19.C13H10.Zr/c1-32(2,3)30-20-26-24(18-28(30)22-13-9-7-10-14-22)17-25-19-29(23-15-11-8-12-16-23)31(21-27(25)26)33(4,5)6;1-11-6-7-12(10-11)13(2)8-4-3-5-9-13;1-3-7-12(8-4-1)11-13-9-5-2-6-10-13;/h7-16,18,20-21H,17H2,1-6H3;7,10-11H,3-5,8-9H2,1-2H3;1-10H;. The Hall–Kier alpha value is -4.45. The van der Waals surface area contributed by atoms with Gasteiger partial charge in [0.2, 0.25) is 0 Å². The van der Waals surface area contributed by atoms with Gasteiger partial charge in [0, 0.05) is 0 Å². The molecule has 1 heteroatoms. The summed E-state index contributed by atoms with van der Waals surface area (Å²) in [6.45, 7) is 19.6. The van der Waals surface area contributed by atoms with E-state index in [1.807, 2.05) is 0 Å². The number of benzene rings is 6. The van der Waals surface area contributed by atoms with Crippen molar-refractivity contribution in [1.82, 2.24) is 0 Å². The van der Waals surface area contributed by atoms with Crippen LogP contribution in [-0.4, -0.2) is 3.21 Å². The summed E-state index contributed by atoms with van der Waals surface area (Å²) in [5.41, 5.74) is 18.9. The molecule has 0 radical (unpaired) electrons. The quantitative estimate of drug-likeness (QED) is 0.150. The third kappa shape index (κ3) is 7.59. The Morgan fingerprint density at radius 1 is 0.583 bits per heavy atom. The molecule has 0 aliphatic heterocycles. The van der Waals surface area contributed by atoms with E-state index in [1.54, 1.807) is 20.9 Å². The Kier molecular flexibility index (Phi) is 11.0. The van der Waals surface area contributed by atoms with Gasteiger partial charge in [-0.1, -0.05) is 0 Å². The Bertz CT molecular complexity index is 2590. The van der Waals surface area contributed by atoms with E-state index >= 15 is 0 Å². The van der Waals surface area contributed by atoms with Crippen LogP contribution in [0.15, 0.2) is 161 Å². The van der Waals surface area contributed by atoms with E-state index in [4.69, 9.17) is 0 Å². The molecule has 60 heavy (non-hydrogen) atoms. The molecule has 0 amide bonds. The summed E-state index contributed by atoms with van der Waals surface area (Å²) in [5, 5.41) is 0. The molecular formula is C59H62Zr. The van der Waals surface area contributed by atoms with E-state index in [0.29, 0.717) is 5.92 Å². The number of allylic oxidation sites excluding steroid dienone is 4. The molecule has 0 aromatic heterocycles. The molecular weight excluding hydrogens is 800 g/mol. The number of hydrogen-bond donors (Lipinski definition) is 0. The summed E-state index contributed by atoms with van der Waals surface area (Å²) < 4.78 is 5.01. The fourth-order valence-corrected chi connectivity index (χ4v) is 19.6. The molecule has 3 aliphatic carbocycles. The van der Waals surface area contributed by atoms with Crippen molar-refractivity contribution >= 4 is 6.48 Å². The van der Waals surface area contributed by atoms with Crippen molar-refractivity contribution in [2.75, 3.05) is 0 Å². The average Bonchev–Trinajstić information content (AvgIpc) is 3.83. The Balaban J connectivity index is 1.45. The summed E-state index contributed by atoms with van der Waals surface area (Å²) >= 11 is -3.22. The fourth-order valence-electron chi connectivity index (χ4n) is 10.7. The first kappa shape index (κ1) is 40.9. The fraction of sp³-hybridized carbons (Fsp3) is 0.305.